The minimum atomic E-state index is -0.549. The highest BCUT2D eigenvalue weighted by Crippen LogP contribution is 2.10. The van der Waals surface area contributed by atoms with Crippen molar-refractivity contribution in [2.24, 2.45) is 0 Å². The van der Waals surface area contributed by atoms with Gasteiger partial charge in [-0.15, -0.1) is 0 Å². The standard InChI is InChI=1S/C16H23N5O2/c1-11-7-12(2)21(19-11)15-6-5-14(8-17-15)9-18-16(23)20(4)10-13(3)22/h5-8,13,22H,9-10H2,1-4H3,(H,18,23). The zero-order valence-corrected chi connectivity index (χ0v) is 13.9. The van der Waals surface area contributed by atoms with Gasteiger partial charge in [0.2, 0.25) is 0 Å². The van der Waals surface area contributed by atoms with Gasteiger partial charge < -0.3 is 15.3 Å². The molecule has 0 fully saturated rings. The number of aliphatic hydroxyl groups excluding tert-OH is 1. The summed E-state index contributed by atoms with van der Waals surface area (Å²) in [5.41, 5.74) is 2.87. The SMILES string of the molecule is Cc1cc(C)n(-c2ccc(CNC(=O)N(C)CC(C)O)cn2)n1. The molecule has 0 aliphatic carbocycles. The number of amides is 2. The zero-order valence-electron chi connectivity index (χ0n) is 13.9. The third kappa shape index (κ3) is 4.53. The number of aromatic nitrogens is 3. The fourth-order valence-electron chi connectivity index (χ4n) is 2.30. The van der Waals surface area contributed by atoms with E-state index in [1.807, 2.05) is 32.0 Å². The molecule has 0 bridgehead atoms. The van der Waals surface area contributed by atoms with E-state index in [9.17, 15) is 9.90 Å². The second kappa shape index (κ2) is 7.23. The zero-order chi connectivity index (χ0) is 17.0. The summed E-state index contributed by atoms with van der Waals surface area (Å²) in [6, 6.07) is 5.55. The molecule has 1 atom stereocenters. The van der Waals surface area contributed by atoms with Crippen molar-refractivity contribution in [3.8, 4) is 5.82 Å². The molecule has 2 aromatic rings. The first-order valence-corrected chi connectivity index (χ1v) is 7.52. The van der Waals surface area contributed by atoms with Crippen molar-refractivity contribution in [2.75, 3.05) is 13.6 Å². The van der Waals surface area contributed by atoms with Crippen molar-refractivity contribution in [2.45, 2.75) is 33.4 Å². The van der Waals surface area contributed by atoms with E-state index in [2.05, 4.69) is 15.4 Å². The third-order valence-corrected chi connectivity index (χ3v) is 3.36. The minimum absolute atomic E-state index is 0.228. The number of hydrogen-bond acceptors (Lipinski definition) is 4. The lowest BCUT2D eigenvalue weighted by Gasteiger charge is -2.19. The Labute approximate surface area is 136 Å². The highest BCUT2D eigenvalue weighted by atomic mass is 16.3. The molecule has 2 aromatic heterocycles. The number of rotatable bonds is 5. The topological polar surface area (TPSA) is 83.3 Å². The molecule has 7 nitrogen and oxygen atoms in total. The molecule has 0 aliphatic rings. The van der Waals surface area contributed by atoms with Gasteiger partial charge in [-0.3, -0.25) is 0 Å². The van der Waals surface area contributed by atoms with Gasteiger partial charge >= 0.3 is 6.03 Å². The quantitative estimate of drug-likeness (QED) is 0.873. The molecule has 2 N–H and O–H groups in total. The Hall–Kier alpha value is -2.41. The van der Waals surface area contributed by atoms with E-state index in [0.29, 0.717) is 13.1 Å². The largest absolute Gasteiger partial charge is 0.392 e. The fourth-order valence-corrected chi connectivity index (χ4v) is 2.30. The second-order valence-electron chi connectivity index (χ2n) is 5.75. The maximum Gasteiger partial charge on any atom is 0.317 e. The van der Waals surface area contributed by atoms with Crippen LogP contribution in [0.5, 0.6) is 0 Å². The maximum absolute atomic E-state index is 11.9. The Balaban J connectivity index is 1.95. The average Bonchev–Trinajstić information content (AvgIpc) is 2.83. The van der Waals surface area contributed by atoms with E-state index in [1.54, 1.807) is 24.9 Å². The monoisotopic (exact) mass is 317 g/mol. The summed E-state index contributed by atoms with van der Waals surface area (Å²) in [6.45, 7) is 6.24. The van der Waals surface area contributed by atoms with Gasteiger partial charge in [0.1, 0.15) is 0 Å². The number of hydrogen-bond donors (Lipinski definition) is 2. The van der Waals surface area contributed by atoms with Crippen molar-refractivity contribution in [1.29, 1.82) is 0 Å². The molecule has 0 saturated carbocycles. The second-order valence-corrected chi connectivity index (χ2v) is 5.75. The van der Waals surface area contributed by atoms with Gasteiger partial charge in [-0.25, -0.2) is 14.5 Å². The average molecular weight is 317 g/mol. The smallest absolute Gasteiger partial charge is 0.317 e. The molecular weight excluding hydrogens is 294 g/mol. The Morgan fingerprint density at radius 3 is 2.70 bits per heavy atom. The van der Waals surface area contributed by atoms with Gasteiger partial charge in [0.05, 0.1) is 11.8 Å². The highest BCUT2D eigenvalue weighted by molar-refractivity contribution is 5.73. The maximum atomic E-state index is 11.9. The van der Waals surface area contributed by atoms with Crippen LogP contribution in [0.2, 0.25) is 0 Å². The van der Waals surface area contributed by atoms with Crippen LogP contribution in [0.4, 0.5) is 4.79 Å². The van der Waals surface area contributed by atoms with Gasteiger partial charge in [-0.05, 0) is 38.5 Å². The molecule has 7 heteroatoms. The number of nitrogens with zero attached hydrogens (tertiary/aromatic N) is 4. The Morgan fingerprint density at radius 1 is 1.43 bits per heavy atom. The number of carbonyl (C=O) groups is 1. The van der Waals surface area contributed by atoms with Crippen molar-refractivity contribution >= 4 is 6.03 Å². The number of likely N-dealkylation sites (N-methyl/N-ethyl adjacent to an activating group) is 1. The van der Waals surface area contributed by atoms with Crippen LogP contribution in [-0.4, -0.2) is 50.5 Å². The molecule has 0 aromatic carbocycles. The molecule has 0 radical (unpaired) electrons. The Morgan fingerprint density at radius 2 is 2.17 bits per heavy atom. The van der Waals surface area contributed by atoms with Gasteiger partial charge in [0.15, 0.2) is 5.82 Å². The number of carbonyl (C=O) groups excluding carboxylic acids is 1. The van der Waals surface area contributed by atoms with Crippen molar-refractivity contribution < 1.29 is 9.90 Å². The van der Waals surface area contributed by atoms with Gasteiger partial charge in [0, 0.05) is 32.0 Å². The number of nitrogens with one attached hydrogen (secondary N) is 1. The van der Waals surface area contributed by atoms with Crippen LogP contribution in [0.3, 0.4) is 0 Å². The van der Waals surface area contributed by atoms with E-state index >= 15 is 0 Å². The lowest BCUT2D eigenvalue weighted by molar-refractivity contribution is 0.143. The van der Waals surface area contributed by atoms with Crippen molar-refractivity contribution in [1.82, 2.24) is 25.0 Å². The Kier molecular flexibility index (Phi) is 5.33. The van der Waals surface area contributed by atoms with Crippen LogP contribution in [0.15, 0.2) is 24.4 Å². The number of aryl methyl sites for hydroxylation is 2. The molecule has 124 valence electrons. The molecule has 0 saturated heterocycles. The van der Waals surface area contributed by atoms with Crippen LogP contribution < -0.4 is 5.32 Å². The normalized spacial score (nSPS) is 12.0. The predicted octanol–water partition coefficient (Wildman–Crippen LogP) is 1.41. The third-order valence-electron chi connectivity index (χ3n) is 3.36. The lowest BCUT2D eigenvalue weighted by Crippen LogP contribution is -2.40. The summed E-state index contributed by atoms with van der Waals surface area (Å²) in [7, 11) is 1.65. The van der Waals surface area contributed by atoms with Gasteiger partial charge in [-0.2, -0.15) is 5.10 Å². The van der Waals surface area contributed by atoms with E-state index in [0.717, 1.165) is 22.8 Å². The minimum Gasteiger partial charge on any atom is -0.392 e. The lowest BCUT2D eigenvalue weighted by atomic mass is 10.3. The molecule has 2 heterocycles. The van der Waals surface area contributed by atoms with Crippen LogP contribution in [0, 0.1) is 13.8 Å². The van der Waals surface area contributed by atoms with Crippen molar-refractivity contribution in [3.05, 3.63) is 41.3 Å². The fraction of sp³-hybridized carbons (Fsp3) is 0.438. The van der Waals surface area contributed by atoms with Crippen LogP contribution in [0.1, 0.15) is 23.9 Å². The van der Waals surface area contributed by atoms with Crippen LogP contribution in [0.25, 0.3) is 5.82 Å². The Bertz CT molecular complexity index is 664. The molecule has 0 aliphatic heterocycles. The first kappa shape index (κ1) is 17.0. The van der Waals surface area contributed by atoms with E-state index in [1.165, 1.54) is 4.90 Å². The van der Waals surface area contributed by atoms with Crippen LogP contribution >= 0.6 is 0 Å². The van der Waals surface area contributed by atoms with E-state index < -0.39 is 6.10 Å². The number of aliphatic hydroxyl groups is 1. The predicted molar refractivity (Wildman–Crippen MR) is 87.4 cm³/mol. The summed E-state index contributed by atoms with van der Waals surface area (Å²) >= 11 is 0. The van der Waals surface area contributed by atoms with E-state index in [4.69, 9.17) is 0 Å². The van der Waals surface area contributed by atoms with Crippen LogP contribution in [-0.2, 0) is 6.54 Å². The van der Waals surface area contributed by atoms with Crippen molar-refractivity contribution in [3.63, 3.8) is 0 Å². The first-order valence-electron chi connectivity index (χ1n) is 7.52. The highest BCUT2D eigenvalue weighted by Gasteiger charge is 2.10. The van der Waals surface area contributed by atoms with Gasteiger partial charge in [0.25, 0.3) is 0 Å². The summed E-state index contributed by atoms with van der Waals surface area (Å²) < 4.78 is 1.79. The molecule has 2 rings (SSSR count). The summed E-state index contributed by atoms with van der Waals surface area (Å²) in [5.74, 6) is 0.747. The summed E-state index contributed by atoms with van der Waals surface area (Å²) in [5, 5.41) is 16.5. The number of urea groups is 1. The van der Waals surface area contributed by atoms with E-state index in [-0.39, 0.29) is 6.03 Å². The van der Waals surface area contributed by atoms with Gasteiger partial charge in [-0.1, -0.05) is 6.07 Å². The molecule has 1 unspecified atom stereocenters. The molecule has 0 spiro atoms. The molecule has 23 heavy (non-hydrogen) atoms. The number of pyridine rings is 1. The summed E-state index contributed by atoms with van der Waals surface area (Å²) in [6.07, 6.45) is 1.17. The molecule has 2 amide bonds. The first-order chi connectivity index (χ1) is 10.9. The summed E-state index contributed by atoms with van der Waals surface area (Å²) in [4.78, 5) is 17.7. The molecular formula is C16H23N5O2.